The van der Waals surface area contributed by atoms with Gasteiger partial charge in [-0.1, -0.05) is 31.8 Å². The lowest BCUT2D eigenvalue weighted by atomic mass is 9.73. The van der Waals surface area contributed by atoms with E-state index in [1.54, 1.807) is 0 Å². The number of aryl methyl sites for hydroxylation is 1. The van der Waals surface area contributed by atoms with Gasteiger partial charge in [0.05, 0.1) is 12.2 Å². The van der Waals surface area contributed by atoms with E-state index in [1.165, 1.54) is 25.7 Å². The van der Waals surface area contributed by atoms with Crippen molar-refractivity contribution in [1.29, 1.82) is 0 Å². The molecule has 1 aromatic heterocycles. The molecule has 0 radical (unpaired) electrons. The van der Waals surface area contributed by atoms with E-state index >= 15 is 0 Å². The summed E-state index contributed by atoms with van der Waals surface area (Å²) in [6.45, 7) is 7.47. The molecule has 1 heterocycles. The Balaban J connectivity index is 1.89. The van der Waals surface area contributed by atoms with Gasteiger partial charge in [0, 0.05) is 12.1 Å². The van der Waals surface area contributed by atoms with Crippen molar-refractivity contribution in [2.75, 3.05) is 0 Å². The number of nitrogens with zero attached hydrogens (tertiary/aromatic N) is 1. The number of hydrogen-bond acceptors (Lipinski definition) is 3. The Hall–Kier alpha value is -0.830. The highest BCUT2D eigenvalue weighted by Gasteiger charge is 2.31. The van der Waals surface area contributed by atoms with E-state index in [0.717, 1.165) is 18.0 Å². The van der Waals surface area contributed by atoms with E-state index in [4.69, 9.17) is 4.52 Å². The summed E-state index contributed by atoms with van der Waals surface area (Å²) < 4.78 is 5.21. The Kier molecular flexibility index (Phi) is 3.33. The molecule has 1 fully saturated rings. The van der Waals surface area contributed by atoms with Crippen molar-refractivity contribution in [2.45, 2.75) is 59.0 Å². The third-order valence-electron chi connectivity index (χ3n) is 3.71. The molecule has 0 aromatic carbocycles. The van der Waals surface area contributed by atoms with Crippen molar-refractivity contribution in [3.63, 3.8) is 0 Å². The molecule has 1 aromatic rings. The highest BCUT2D eigenvalue weighted by atomic mass is 16.5. The summed E-state index contributed by atoms with van der Waals surface area (Å²) >= 11 is 0. The fourth-order valence-corrected chi connectivity index (χ4v) is 2.60. The van der Waals surface area contributed by atoms with Gasteiger partial charge in [-0.05, 0) is 25.2 Å². The largest absolute Gasteiger partial charge is 0.360 e. The molecule has 16 heavy (non-hydrogen) atoms. The molecule has 1 N–H and O–H groups in total. The van der Waals surface area contributed by atoms with Crippen LogP contribution in [0.15, 0.2) is 10.6 Å². The van der Waals surface area contributed by atoms with E-state index in [0.29, 0.717) is 11.5 Å². The van der Waals surface area contributed by atoms with Gasteiger partial charge in [0.15, 0.2) is 5.76 Å². The van der Waals surface area contributed by atoms with Gasteiger partial charge in [-0.25, -0.2) is 0 Å². The first-order valence-electron chi connectivity index (χ1n) is 6.23. The van der Waals surface area contributed by atoms with Crippen LogP contribution in [-0.2, 0) is 6.54 Å². The SMILES string of the molecule is Cc1cc(CNC2CCCCC2(C)C)on1. The Morgan fingerprint density at radius 2 is 2.31 bits per heavy atom. The molecule has 0 bridgehead atoms. The molecule has 3 heteroatoms. The van der Waals surface area contributed by atoms with Crippen LogP contribution in [0, 0.1) is 12.3 Å². The summed E-state index contributed by atoms with van der Waals surface area (Å²) in [5, 5.41) is 7.51. The minimum atomic E-state index is 0.410. The predicted molar refractivity (Wildman–Crippen MR) is 64.1 cm³/mol. The van der Waals surface area contributed by atoms with Crippen LogP contribution < -0.4 is 5.32 Å². The molecule has 3 nitrogen and oxygen atoms in total. The van der Waals surface area contributed by atoms with Gasteiger partial charge >= 0.3 is 0 Å². The van der Waals surface area contributed by atoms with Gasteiger partial charge < -0.3 is 9.84 Å². The van der Waals surface area contributed by atoms with Crippen molar-refractivity contribution >= 4 is 0 Å². The van der Waals surface area contributed by atoms with Crippen molar-refractivity contribution in [3.05, 3.63) is 17.5 Å². The molecule has 0 spiro atoms. The second-order valence-electron chi connectivity index (χ2n) is 5.60. The lowest BCUT2D eigenvalue weighted by Crippen LogP contribution is -2.43. The molecular formula is C13H22N2O. The Morgan fingerprint density at radius 1 is 1.50 bits per heavy atom. The van der Waals surface area contributed by atoms with E-state index in [9.17, 15) is 0 Å². The zero-order valence-electron chi connectivity index (χ0n) is 10.5. The third-order valence-corrected chi connectivity index (χ3v) is 3.71. The molecule has 1 aliphatic rings. The van der Waals surface area contributed by atoms with Gasteiger partial charge in [-0.15, -0.1) is 0 Å². The van der Waals surface area contributed by atoms with Crippen molar-refractivity contribution in [3.8, 4) is 0 Å². The Bertz CT molecular complexity index is 343. The van der Waals surface area contributed by atoms with Gasteiger partial charge in [-0.3, -0.25) is 0 Å². The normalized spacial score (nSPS) is 24.6. The van der Waals surface area contributed by atoms with Crippen molar-refractivity contribution in [1.82, 2.24) is 10.5 Å². The third kappa shape index (κ3) is 2.64. The van der Waals surface area contributed by atoms with Gasteiger partial charge in [0.1, 0.15) is 0 Å². The number of aromatic nitrogens is 1. The van der Waals surface area contributed by atoms with Gasteiger partial charge in [0.2, 0.25) is 0 Å². The minimum absolute atomic E-state index is 0.410. The first-order chi connectivity index (χ1) is 7.58. The molecule has 90 valence electrons. The van der Waals surface area contributed by atoms with Crippen LogP contribution in [0.2, 0.25) is 0 Å². The molecule has 1 aliphatic carbocycles. The fraction of sp³-hybridized carbons (Fsp3) is 0.769. The average molecular weight is 222 g/mol. The maximum Gasteiger partial charge on any atom is 0.150 e. The van der Waals surface area contributed by atoms with Gasteiger partial charge in [-0.2, -0.15) is 0 Å². The standard InChI is InChI=1S/C13H22N2O/c1-10-8-11(16-15-10)9-14-12-6-4-5-7-13(12,2)3/h8,12,14H,4-7,9H2,1-3H3. The molecule has 1 saturated carbocycles. The van der Waals surface area contributed by atoms with Crippen LogP contribution in [0.3, 0.4) is 0 Å². The zero-order chi connectivity index (χ0) is 11.6. The molecule has 0 aliphatic heterocycles. The van der Waals surface area contributed by atoms with Crippen molar-refractivity contribution in [2.24, 2.45) is 5.41 Å². The van der Waals surface area contributed by atoms with Crippen LogP contribution in [0.5, 0.6) is 0 Å². The molecule has 0 saturated heterocycles. The monoisotopic (exact) mass is 222 g/mol. The summed E-state index contributed by atoms with van der Waals surface area (Å²) in [5.74, 6) is 0.943. The molecular weight excluding hydrogens is 200 g/mol. The Morgan fingerprint density at radius 3 is 2.94 bits per heavy atom. The maximum absolute atomic E-state index is 5.21. The second-order valence-corrected chi connectivity index (χ2v) is 5.60. The van der Waals surface area contributed by atoms with Crippen LogP contribution in [0.1, 0.15) is 51.0 Å². The average Bonchev–Trinajstić information content (AvgIpc) is 2.62. The number of nitrogens with one attached hydrogen (secondary N) is 1. The summed E-state index contributed by atoms with van der Waals surface area (Å²) in [7, 11) is 0. The van der Waals surface area contributed by atoms with Crippen LogP contribution >= 0.6 is 0 Å². The molecule has 1 unspecified atom stereocenters. The van der Waals surface area contributed by atoms with E-state index in [1.807, 2.05) is 13.0 Å². The number of rotatable bonds is 3. The number of hydrogen-bond donors (Lipinski definition) is 1. The van der Waals surface area contributed by atoms with Gasteiger partial charge in [0.25, 0.3) is 0 Å². The lowest BCUT2D eigenvalue weighted by Gasteiger charge is -2.39. The minimum Gasteiger partial charge on any atom is -0.360 e. The van der Waals surface area contributed by atoms with E-state index in [2.05, 4.69) is 24.3 Å². The zero-order valence-corrected chi connectivity index (χ0v) is 10.5. The fourth-order valence-electron chi connectivity index (χ4n) is 2.60. The molecule has 0 amide bonds. The van der Waals surface area contributed by atoms with Crippen LogP contribution in [0.4, 0.5) is 0 Å². The summed E-state index contributed by atoms with van der Waals surface area (Å²) in [6, 6.07) is 2.61. The lowest BCUT2D eigenvalue weighted by molar-refractivity contribution is 0.163. The maximum atomic E-state index is 5.21. The molecule has 1 atom stereocenters. The first kappa shape index (κ1) is 11.6. The first-order valence-corrected chi connectivity index (χ1v) is 6.23. The smallest absolute Gasteiger partial charge is 0.150 e. The Labute approximate surface area is 97.6 Å². The summed E-state index contributed by atoms with van der Waals surface area (Å²) in [5.41, 5.74) is 1.37. The van der Waals surface area contributed by atoms with E-state index in [-0.39, 0.29) is 0 Å². The molecule has 2 rings (SSSR count). The predicted octanol–water partition coefficient (Wildman–Crippen LogP) is 3.04. The van der Waals surface area contributed by atoms with Crippen LogP contribution in [0.25, 0.3) is 0 Å². The quantitative estimate of drug-likeness (QED) is 0.854. The highest BCUT2D eigenvalue weighted by Crippen LogP contribution is 2.35. The summed E-state index contributed by atoms with van der Waals surface area (Å²) in [6.07, 6.45) is 5.31. The summed E-state index contributed by atoms with van der Waals surface area (Å²) in [4.78, 5) is 0. The van der Waals surface area contributed by atoms with Crippen molar-refractivity contribution < 1.29 is 4.52 Å². The topological polar surface area (TPSA) is 38.1 Å². The van der Waals surface area contributed by atoms with Crippen LogP contribution in [-0.4, -0.2) is 11.2 Å². The highest BCUT2D eigenvalue weighted by molar-refractivity contribution is 5.03. The second kappa shape index (κ2) is 4.58. The van der Waals surface area contributed by atoms with E-state index < -0.39 is 0 Å².